The summed E-state index contributed by atoms with van der Waals surface area (Å²) in [6, 6.07) is 9.78. The van der Waals surface area contributed by atoms with Crippen molar-refractivity contribution >= 4 is 21.8 Å². The zero-order valence-corrected chi connectivity index (χ0v) is 19.5. The molecule has 1 saturated carbocycles. The van der Waals surface area contributed by atoms with Gasteiger partial charge in [0.15, 0.2) is 0 Å². The Kier molecular flexibility index (Phi) is 5.67. The summed E-state index contributed by atoms with van der Waals surface area (Å²) in [5.41, 5.74) is 0.307. The van der Waals surface area contributed by atoms with Gasteiger partial charge < -0.3 is 9.80 Å². The van der Waals surface area contributed by atoms with Crippen molar-refractivity contribution in [3.8, 4) is 0 Å². The van der Waals surface area contributed by atoms with Crippen molar-refractivity contribution in [2.24, 2.45) is 16.7 Å². The highest BCUT2D eigenvalue weighted by atomic mass is 32.2. The summed E-state index contributed by atoms with van der Waals surface area (Å²) in [4.78, 5) is 29.6. The lowest BCUT2D eigenvalue weighted by atomic mass is 9.65. The average Bonchev–Trinajstić information content (AvgIpc) is 3.26. The molecule has 2 atom stereocenters. The minimum absolute atomic E-state index is 0.0102. The summed E-state index contributed by atoms with van der Waals surface area (Å²) in [7, 11) is 0.156. The van der Waals surface area contributed by atoms with E-state index in [9.17, 15) is 18.0 Å². The highest BCUT2D eigenvalue weighted by molar-refractivity contribution is 7.88. The highest BCUT2D eigenvalue weighted by Gasteiger charge is 2.65. The lowest BCUT2D eigenvalue weighted by Crippen LogP contribution is -2.49. The summed E-state index contributed by atoms with van der Waals surface area (Å²) < 4.78 is 26.2. The van der Waals surface area contributed by atoms with Gasteiger partial charge in [-0.05, 0) is 42.6 Å². The maximum absolute atomic E-state index is 13.3. The van der Waals surface area contributed by atoms with Crippen LogP contribution in [-0.2, 0) is 26.0 Å². The number of amides is 2. The van der Waals surface area contributed by atoms with E-state index in [0.717, 1.165) is 31.2 Å². The molecule has 170 valence electrons. The first-order valence-corrected chi connectivity index (χ1v) is 12.9. The number of hydrogen-bond donors (Lipinski definition) is 0. The second kappa shape index (κ2) is 7.89. The van der Waals surface area contributed by atoms with E-state index >= 15 is 0 Å². The predicted molar refractivity (Wildman–Crippen MR) is 119 cm³/mol. The van der Waals surface area contributed by atoms with Crippen LogP contribution in [0, 0.1) is 16.7 Å². The molecule has 7 nitrogen and oxygen atoms in total. The molecule has 2 heterocycles. The zero-order chi connectivity index (χ0) is 22.4. The molecule has 2 aliphatic heterocycles. The molecule has 1 spiro atoms. The van der Waals surface area contributed by atoms with Gasteiger partial charge in [0.05, 0.1) is 18.1 Å². The first-order chi connectivity index (χ1) is 14.6. The van der Waals surface area contributed by atoms with Gasteiger partial charge in [0.2, 0.25) is 21.8 Å². The molecule has 1 aliphatic carbocycles. The van der Waals surface area contributed by atoms with E-state index in [-0.39, 0.29) is 29.7 Å². The van der Waals surface area contributed by atoms with Crippen LogP contribution in [-0.4, -0.2) is 80.9 Å². The molecule has 0 aromatic heterocycles. The van der Waals surface area contributed by atoms with Crippen molar-refractivity contribution in [2.75, 3.05) is 46.5 Å². The molecule has 31 heavy (non-hydrogen) atoms. The standard InChI is InChI=1S/C23H33N3O4S/c1-24(2)21(28)23-10-9-22(19(23)16-26(17-23)31(3,29)30)11-13-25(14-12-22)20(27)15-18-7-5-4-6-8-18/h4-8,19H,9-17H2,1-3H3/t19-,23+/m1/s1. The Morgan fingerprint density at radius 3 is 2.29 bits per heavy atom. The molecule has 1 aromatic rings. The minimum Gasteiger partial charge on any atom is -0.348 e. The Morgan fingerprint density at radius 1 is 1.06 bits per heavy atom. The molecule has 4 rings (SSSR count). The number of sulfonamides is 1. The SMILES string of the molecule is CN(C)C(=O)[C@]12CCC3(CCN(C(=O)Cc4ccccc4)CC3)[C@H]1CN(S(C)(=O)=O)C2. The second-order valence-electron chi connectivity index (χ2n) is 9.87. The molecular weight excluding hydrogens is 414 g/mol. The third-order valence-electron chi connectivity index (χ3n) is 7.93. The first kappa shape index (κ1) is 22.3. The van der Waals surface area contributed by atoms with E-state index < -0.39 is 15.4 Å². The van der Waals surface area contributed by atoms with Crippen LogP contribution in [0.15, 0.2) is 30.3 Å². The number of hydrogen-bond acceptors (Lipinski definition) is 4. The number of fused-ring (bicyclic) bond motifs is 2. The van der Waals surface area contributed by atoms with Gasteiger partial charge in [-0.1, -0.05) is 30.3 Å². The number of likely N-dealkylation sites (tertiary alicyclic amines) is 1. The predicted octanol–water partition coefficient (Wildman–Crippen LogP) is 1.60. The fourth-order valence-corrected chi connectivity index (χ4v) is 7.14. The van der Waals surface area contributed by atoms with Crippen molar-refractivity contribution in [2.45, 2.75) is 32.1 Å². The monoisotopic (exact) mass is 447 g/mol. The number of nitrogens with zero attached hydrogens (tertiary/aromatic N) is 3. The van der Waals surface area contributed by atoms with Gasteiger partial charge in [0, 0.05) is 40.3 Å². The second-order valence-corrected chi connectivity index (χ2v) is 11.9. The van der Waals surface area contributed by atoms with Crippen LogP contribution in [0.25, 0.3) is 0 Å². The molecule has 0 bridgehead atoms. The van der Waals surface area contributed by atoms with Gasteiger partial charge in [-0.3, -0.25) is 9.59 Å². The maximum Gasteiger partial charge on any atom is 0.229 e. The van der Waals surface area contributed by atoms with Crippen LogP contribution in [0.1, 0.15) is 31.2 Å². The number of carbonyl (C=O) groups is 2. The van der Waals surface area contributed by atoms with E-state index in [1.165, 1.54) is 10.6 Å². The normalized spacial score (nSPS) is 28.0. The number of rotatable bonds is 4. The van der Waals surface area contributed by atoms with Crippen LogP contribution in [0.5, 0.6) is 0 Å². The third-order valence-corrected chi connectivity index (χ3v) is 9.15. The Hall–Kier alpha value is -1.93. The number of piperidine rings is 1. The molecule has 8 heteroatoms. The van der Waals surface area contributed by atoms with E-state index in [1.54, 1.807) is 19.0 Å². The van der Waals surface area contributed by atoms with Crippen LogP contribution < -0.4 is 0 Å². The number of benzene rings is 1. The van der Waals surface area contributed by atoms with Crippen molar-refractivity contribution in [1.29, 1.82) is 0 Å². The molecule has 1 aromatic carbocycles. The van der Waals surface area contributed by atoms with Gasteiger partial charge in [-0.15, -0.1) is 0 Å². The molecule has 2 amide bonds. The highest BCUT2D eigenvalue weighted by Crippen LogP contribution is 2.62. The van der Waals surface area contributed by atoms with Crippen LogP contribution >= 0.6 is 0 Å². The van der Waals surface area contributed by atoms with Crippen molar-refractivity contribution < 1.29 is 18.0 Å². The Bertz CT molecular complexity index is 954. The summed E-state index contributed by atoms with van der Waals surface area (Å²) in [5.74, 6) is 0.193. The van der Waals surface area contributed by atoms with E-state index in [0.29, 0.717) is 26.1 Å². The van der Waals surface area contributed by atoms with E-state index in [2.05, 4.69) is 0 Å². The molecule has 0 unspecified atom stereocenters. The fraction of sp³-hybridized carbons (Fsp3) is 0.652. The summed E-state index contributed by atoms with van der Waals surface area (Å²) in [6.45, 7) is 2.04. The molecule has 0 N–H and O–H groups in total. The molecule has 3 fully saturated rings. The Labute approximate surface area is 185 Å². The molecular formula is C23H33N3O4S. The lowest BCUT2D eigenvalue weighted by molar-refractivity contribution is -0.142. The molecule has 0 radical (unpaired) electrons. The van der Waals surface area contributed by atoms with Gasteiger partial charge in [-0.25, -0.2) is 12.7 Å². The first-order valence-electron chi connectivity index (χ1n) is 11.1. The van der Waals surface area contributed by atoms with Gasteiger partial charge in [-0.2, -0.15) is 0 Å². The van der Waals surface area contributed by atoms with Crippen LogP contribution in [0.3, 0.4) is 0 Å². The molecule has 3 aliphatic rings. The van der Waals surface area contributed by atoms with Crippen molar-refractivity contribution in [1.82, 2.24) is 14.1 Å². The smallest absolute Gasteiger partial charge is 0.229 e. The van der Waals surface area contributed by atoms with Gasteiger partial charge in [0.25, 0.3) is 0 Å². The summed E-state index contributed by atoms with van der Waals surface area (Å²) in [6.07, 6.45) is 4.95. The zero-order valence-electron chi connectivity index (χ0n) is 18.7. The van der Waals surface area contributed by atoms with Gasteiger partial charge >= 0.3 is 0 Å². The van der Waals surface area contributed by atoms with Crippen molar-refractivity contribution in [3.05, 3.63) is 35.9 Å². The maximum atomic E-state index is 13.3. The third kappa shape index (κ3) is 3.89. The van der Waals surface area contributed by atoms with Gasteiger partial charge in [0.1, 0.15) is 0 Å². The van der Waals surface area contributed by atoms with Crippen LogP contribution in [0.2, 0.25) is 0 Å². The topological polar surface area (TPSA) is 78.0 Å². The van der Waals surface area contributed by atoms with E-state index in [1.807, 2.05) is 35.2 Å². The minimum atomic E-state index is -3.36. The summed E-state index contributed by atoms with van der Waals surface area (Å²) in [5, 5.41) is 0. The van der Waals surface area contributed by atoms with Crippen LogP contribution in [0.4, 0.5) is 0 Å². The van der Waals surface area contributed by atoms with E-state index in [4.69, 9.17) is 0 Å². The molecule has 2 saturated heterocycles. The fourth-order valence-electron chi connectivity index (χ4n) is 6.25. The number of carbonyl (C=O) groups excluding carboxylic acids is 2. The van der Waals surface area contributed by atoms with Crippen molar-refractivity contribution in [3.63, 3.8) is 0 Å². The Morgan fingerprint density at radius 2 is 1.71 bits per heavy atom. The average molecular weight is 448 g/mol. The summed E-state index contributed by atoms with van der Waals surface area (Å²) >= 11 is 0. The quantitative estimate of drug-likeness (QED) is 0.702. The lowest BCUT2D eigenvalue weighted by Gasteiger charge is -2.44. The largest absolute Gasteiger partial charge is 0.348 e. The Balaban J connectivity index is 1.51.